The monoisotopic (exact) mass is 521 g/mol. The summed E-state index contributed by atoms with van der Waals surface area (Å²) in [6.07, 6.45) is -0.338. The van der Waals surface area contributed by atoms with Crippen LogP contribution in [0.1, 0.15) is 38.7 Å². The van der Waals surface area contributed by atoms with Gasteiger partial charge in [-0.15, -0.1) is 0 Å². The maximum atomic E-state index is 13.6. The van der Waals surface area contributed by atoms with Crippen LogP contribution in [0.25, 0.3) is 0 Å². The van der Waals surface area contributed by atoms with Crippen molar-refractivity contribution in [3.05, 3.63) is 93.7 Å². The lowest BCUT2D eigenvalue weighted by molar-refractivity contribution is -0.154. The highest BCUT2D eigenvalue weighted by Crippen LogP contribution is 2.33. The van der Waals surface area contributed by atoms with Gasteiger partial charge in [-0.2, -0.15) is 0 Å². The average molecular weight is 522 g/mol. The Morgan fingerprint density at radius 1 is 1.03 bits per heavy atom. The van der Waals surface area contributed by atoms with Gasteiger partial charge in [0.25, 0.3) is 5.56 Å². The Kier molecular flexibility index (Phi) is 7.99. The number of methoxy groups -OCH3 is 2. The molecule has 2 aromatic carbocycles. The molecule has 1 aromatic heterocycles. The highest BCUT2D eigenvalue weighted by molar-refractivity contribution is 5.95. The number of nitrogens with zero attached hydrogens (tertiary/aromatic N) is 2. The second-order valence-corrected chi connectivity index (χ2v) is 8.63. The predicted octanol–water partition coefficient (Wildman–Crippen LogP) is 1.73. The number of aromatic nitrogens is 2. The van der Waals surface area contributed by atoms with E-state index in [0.29, 0.717) is 0 Å². The summed E-state index contributed by atoms with van der Waals surface area (Å²) in [5, 5.41) is 3.08. The molecule has 11 nitrogen and oxygen atoms in total. The first kappa shape index (κ1) is 26.7. The first-order valence-electron chi connectivity index (χ1n) is 11.8. The van der Waals surface area contributed by atoms with E-state index in [1.54, 1.807) is 30.3 Å². The number of hydrogen-bond acceptors (Lipinski definition) is 10. The molecule has 2 atom stereocenters. The SMILES string of the molecule is COC(=O)c1nc([C@]2(C(=O)OCc3ccccc3)C[C@@H](OC)CN2)n(C)c(=O)c1OC(=O)c1ccccc1. The van der Waals surface area contributed by atoms with Gasteiger partial charge in [-0.25, -0.2) is 19.4 Å². The Bertz CT molecular complexity index is 1390. The van der Waals surface area contributed by atoms with Crippen LogP contribution in [0.15, 0.2) is 65.5 Å². The number of carbonyl (C=O) groups excluding carboxylic acids is 3. The number of hydrogen-bond donors (Lipinski definition) is 1. The molecule has 1 N–H and O–H groups in total. The van der Waals surface area contributed by atoms with Gasteiger partial charge < -0.3 is 18.9 Å². The number of ether oxygens (including phenoxy) is 4. The molecule has 0 unspecified atom stereocenters. The van der Waals surface area contributed by atoms with Crippen LogP contribution >= 0.6 is 0 Å². The lowest BCUT2D eigenvalue weighted by atomic mass is 9.94. The number of rotatable bonds is 8. The van der Waals surface area contributed by atoms with Crippen molar-refractivity contribution >= 4 is 17.9 Å². The van der Waals surface area contributed by atoms with Crippen molar-refractivity contribution in [2.45, 2.75) is 24.7 Å². The highest BCUT2D eigenvalue weighted by atomic mass is 16.6. The van der Waals surface area contributed by atoms with Crippen molar-refractivity contribution in [1.82, 2.24) is 14.9 Å². The molecule has 0 aliphatic carbocycles. The Balaban J connectivity index is 1.78. The van der Waals surface area contributed by atoms with Crippen molar-refractivity contribution in [1.29, 1.82) is 0 Å². The third-order valence-corrected chi connectivity index (χ3v) is 6.27. The van der Waals surface area contributed by atoms with E-state index in [2.05, 4.69) is 10.3 Å². The molecule has 1 fully saturated rings. The van der Waals surface area contributed by atoms with Crippen molar-refractivity contribution in [3.8, 4) is 5.75 Å². The smallest absolute Gasteiger partial charge is 0.360 e. The predicted molar refractivity (Wildman–Crippen MR) is 134 cm³/mol. The molecule has 2 heterocycles. The van der Waals surface area contributed by atoms with Gasteiger partial charge in [0.1, 0.15) is 12.4 Å². The fraction of sp³-hybridized carbons (Fsp3) is 0.296. The summed E-state index contributed by atoms with van der Waals surface area (Å²) in [4.78, 5) is 56.8. The summed E-state index contributed by atoms with van der Waals surface area (Å²) in [5.41, 5.74) is -2.12. The van der Waals surface area contributed by atoms with Crippen LogP contribution in [0, 0.1) is 0 Å². The van der Waals surface area contributed by atoms with Crippen LogP contribution in [0.4, 0.5) is 0 Å². The molecule has 4 rings (SSSR count). The van der Waals surface area contributed by atoms with E-state index >= 15 is 0 Å². The quantitative estimate of drug-likeness (QED) is 0.437. The third kappa shape index (κ3) is 5.20. The van der Waals surface area contributed by atoms with Crippen LogP contribution in [0.2, 0.25) is 0 Å². The van der Waals surface area contributed by atoms with E-state index in [-0.39, 0.29) is 31.0 Å². The van der Waals surface area contributed by atoms with Gasteiger partial charge in [-0.3, -0.25) is 14.7 Å². The molecule has 3 aromatic rings. The van der Waals surface area contributed by atoms with E-state index in [4.69, 9.17) is 18.9 Å². The summed E-state index contributed by atoms with van der Waals surface area (Å²) in [6, 6.07) is 17.0. The van der Waals surface area contributed by atoms with Gasteiger partial charge in [-0.1, -0.05) is 48.5 Å². The van der Waals surface area contributed by atoms with E-state index in [1.807, 2.05) is 18.2 Å². The van der Waals surface area contributed by atoms with Crippen molar-refractivity contribution in [3.63, 3.8) is 0 Å². The fourth-order valence-electron chi connectivity index (χ4n) is 4.22. The van der Waals surface area contributed by atoms with Crippen LogP contribution in [-0.4, -0.2) is 54.3 Å². The average Bonchev–Trinajstić information content (AvgIpc) is 3.40. The molecule has 0 saturated carbocycles. The summed E-state index contributed by atoms with van der Waals surface area (Å²) in [7, 11) is 3.96. The van der Waals surface area contributed by atoms with Crippen molar-refractivity contribution in [2.24, 2.45) is 7.05 Å². The molecular weight excluding hydrogens is 494 g/mol. The van der Waals surface area contributed by atoms with Crippen molar-refractivity contribution in [2.75, 3.05) is 20.8 Å². The third-order valence-electron chi connectivity index (χ3n) is 6.27. The summed E-state index contributed by atoms with van der Waals surface area (Å²) >= 11 is 0. The topological polar surface area (TPSA) is 135 Å². The molecule has 0 radical (unpaired) electrons. The first-order valence-corrected chi connectivity index (χ1v) is 11.8. The second kappa shape index (κ2) is 11.4. The zero-order chi connectivity index (χ0) is 27.3. The minimum absolute atomic E-state index is 0.0225. The van der Waals surface area contributed by atoms with Gasteiger partial charge in [0.15, 0.2) is 11.2 Å². The molecule has 0 amide bonds. The van der Waals surface area contributed by atoms with E-state index in [9.17, 15) is 19.2 Å². The summed E-state index contributed by atoms with van der Waals surface area (Å²) in [6.45, 7) is 0.233. The van der Waals surface area contributed by atoms with Crippen LogP contribution in [0.5, 0.6) is 5.75 Å². The molecule has 198 valence electrons. The fourth-order valence-corrected chi connectivity index (χ4v) is 4.22. The minimum Gasteiger partial charge on any atom is -0.464 e. The molecule has 1 aliphatic rings. The lowest BCUT2D eigenvalue weighted by Crippen LogP contribution is -2.50. The van der Waals surface area contributed by atoms with E-state index < -0.39 is 46.6 Å². The normalized spacial score (nSPS) is 18.6. The molecule has 0 spiro atoms. The van der Waals surface area contributed by atoms with Gasteiger partial charge in [-0.05, 0) is 17.7 Å². The largest absolute Gasteiger partial charge is 0.464 e. The van der Waals surface area contributed by atoms with Crippen LogP contribution in [0.3, 0.4) is 0 Å². The molecule has 1 saturated heterocycles. The van der Waals surface area contributed by atoms with Gasteiger partial charge in [0.05, 0.1) is 18.8 Å². The van der Waals surface area contributed by atoms with Gasteiger partial charge >= 0.3 is 17.9 Å². The zero-order valence-electron chi connectivity index (χ0n) is 21.1. The molecule has 1 aliphatic heterocycles. The number of carbonyl (C=O) groups is 3. The van der Waals surface area contributed by atoms with Crippen LogP contribution < -0.4 is 15.6 Å². The maximum absolute atomic E-state index is 13.6. The van der Waals surface area contributed by atoms with Crippen LogP contribution in [-0.2, 0) is 38.2 Å². The summed E-state index contributed by atoms with van der Waals surface area (Å²) in [5.74, 6) is -3.33. The number of benzene rings is 2. The zero-order valence-corrected chi connectivity index (χ0v) is 21.1. The first-order chi connectivity index (χ1) is 18.3. The van der Waals surface area contributed by atoms with E-state index in [1.165, 1.54) is 26.3 Å². The lowest BCUT2D eigenvalue weighted by Gasteiger charge is -2.28. The Morgan fingerprint density at radius 3 is 2.29 bits per heavy atom. The van der Waals surface area contributed by atoms with Crippen molar-refractivity contribution < 1.29 is 33.3 Å². The number of esters is 3. The molecule has 38 heavy (non-hydrogen) atoms. The molecule has 0 bridgehead atoms. The minimum atomic E-state index is -1.63. The Hall–Kier alpha value is -4.35. The van der Waals surface area contributed by atoms with E-state index in [0.717, 1.165) is 17.2 Å². The van der Waals surface area contributed by atoms with Gasteiger partial charge in [0, 0.05) is 27.1 Å². The highest BCUT2D eigenvalue weighted by Gasteiger charge is 2.52. The van der Waals surface area contributed by atoms with Gasteiger partial charge in [0.2, 0.25) is 5.75 Å². The standard InChI is InChI=1S/C27H27N3O8/c1-30-22(31)21(38-23(32)18-12-8-5-9-13-18)20(24(33)36-3)29-25(30)27(14-19(35-2)15-28-27)26(34)37-16-17-10-6-4-7-11-17/h4-13,19,28H,14-16H2,1-3H3/t19-,27+/m1/s1. The molecule has 11 heteroatoms. The second-order valence-electron chi connectivity index (χ2n) is 8.63. The maximum Gasteiger partial charge on any atom is 0.360 e. The Morgan fingerprint density at radius 2 is 1.68 bits per heavy atom. The molecular formula is C27H27N3O8. The Labute approximate surface area is 218 Å². The number of nitrogens with one attached hydrogen (secondary N) is 1. The summed E-state index contributed by atoms with van der Waals surface area (Å²) < 4.78 is 22.3.